The van der Waals surface area contributed by atoms with Crippen LogP contribution in [-0.2, 0) is 17.6 Å². The molecule has 0 spiro atoms. The molecule has 1 aromatic heterocycles. The monoisotopic (exact) mass is 335 g/mol. The van der Waals surface area contributed by atoms with Gasteiger partial charge in [0.15, 0.2) is 5.13 Å². The van der Waals surface area contributed by atoms with Gasteiger partial charge in [0.2, 0.25) is 5.91 Å². The van der Waals surface area contributed by atoms with Crippen molar-refractivity contribution in [2.75, 3.05) is 5.32 Å². The van der Waals surface area contributed by atoms with Gasteiger partial charge >= 0.3 is 0 Å². The highest BCUT2D eigenvalue weighted by atomic mass is 35.5. The number of nitrogens with one attached hydrogen (secondary N) is 1. The molecule has 1 fully saturated rings. The summed E-state index contributed by atoms with van der Waals surface area (Å²) in [6.07, 6.45) is 5.12. The highest BCUT2D eigenvalue weighted by molar-refractivity contribution is 7.14. The van der Waals surface area contributed by atoms with Crippen molar-refractivity contribution in [3.8, 4) is 11.3 Å². The van der Waals surface area contributed by atoms with Crippen molar-refractivity contribution in [2.24, 2.45) is 5.73 Å². The molecule has 1 amide bonds. The first-order valence-electron chi connectivity index (χ1n) is 7.32. The second-order valence-corrected chi connectivity index (χ2v) is 6.84. The largest absolute Gasteiger partial charge is 0.317 e. The van der Waals surface area contributed by atoms with Crippen LogP contribution < -0.4 is 11.1 Å². The van der Waals surface area contributed by atoms with Gasteiger partial charge in [-0.2, -0.15) is 0 Å². The van der Waals surface area contributed by atoms with Crippen molar-refractivity contribution in [1.82, 2.24) is 4.98 Å². The average molecular weight is 336 g/mol. The predicted octanol–water partition coefficient (Wildman–Crippen LogP) is 3.15. The summed E-state index contributed by atoms with van der Waals surface area (Å²) >= 11 is 1.45. The Morgan fingerprint density at radius 3 is 2.82 bits per heavy atom. The van der Waals surface area contributed by atoms with E-state index >= 15 is 0 Å². The van der Waals surface area contributed by atoms with Gasteiger partial charge in [-0.05, 0) is 49.3 Å². The smallest absolute Gasteiger partial charge is 0.246 e. The number of carbonyl (C=O) groups excluding carboxylic acids is 1. The molecule has 0 bridgehead atoms. The van der Waals surface area contributed by atoms with Crippen LogP contribution in [0.4, 0.5) is 5.13 Å². The number of carbonyl (C=O) groups is 1. The standard InChI is InChI=1S/C16H17N3OS.ClH/c17-16(6-7-16)14(20)19-15-18-13(9-21-15)12-5-4-10-2-1-3-11(10)8-12;/h4-5,8-9H,1-3,6-7,17H2,(H,18,19,20);1H. The Kier molecular flexibility index (Phi) is 3.97. The number of thiazole rings is 1. The molecule has 0 radical (unpaired) electrons. The minimum Gasteiger partial charge on any atom is -0.317 e. The van der Waals surface area contributed by atoms with Gasteiger partial charge in [-0.1, -0.05) is 12.1 Å². The maximum atomic E-state index is 11.9. The summed E-state index contributed by atoms with van der Waals surface area (Å²) in [6, 6.07) is 6.55. The van der Waals surface area contributed by atoms with Crippen LogP contribution in [0.3, 0.4) is 0 Å². The third-order valence-corrected chi connectivity index (χ3v) is 5.12. The third kappa shape index (κ3) is 2.76. The molecule has 3 N–H and O–H groups in total. The van der Waals surface area contributed by atoms with Crippen molar-refractivity contribution in [3.05, 3.63) is 34.7 Å². The molecule has 0 atom stereocenters. The number of aromatic nitrogens is 1. The summed E-state index contributed by atoms with van der Waals surface area (Å²) in [5.74, 6) is -0.114. The lowest BCUT2D eigenvalue weighted by Gasteiger charge is -2.06. The van der Waals surface area contributed by atoms with Gasteiger partial charge < -0.3 is 11.1 Å². The normalized spacial score (nSPS) is 17.5. The van der Waals surface area contributed by atoms with Crippen molar-refractivity contribution in [1.29, 1.82) is 0 Å². The fourth-order valence-electron chi connectivity index (χ4n) is 2.78. The van der Waals surface area contributed by atoms with Gasteiger partial charge in [-0.15, -0.1) is 23.7 Å². The summed E-state index contributed by atoms with van der Waals surface area (Å²) in [4.78, 5) is 16.4. The van der Waals surface area contributed by atoms with E-state index < -0.39 is 5.54 Å². The van der Waals surface area contributed by atoms with Gasteiger partial charge in [0.05, 0.1) is 11.2 Å². The molecule has 4 nitrogen and oxygen atoms in total. The summed E-state index contributed by atoms with van der Waals surface area (Å²) in [5, 5.41) is 5.45. The highest BCUT2D eigenvalue weighted by Crippen LogP contribution is 2.34. The number of anilines is 1. The molecule has 0 unspecified atom stereocenters. The molecule has 2 aliphatic carbocycles. The van der Waals surface area contributed by atoms with E-state index in [1.165, 1.54) is 35.3 Å². The quantitative estimate of drug-likeness (QED) is 0.905. The molecule has 2 aliphatic rings. The Labute approximate surface area is 139 Å². The number of hydrogen-bond acceptors (Lipinski definition) is 4. The van der Waals surface area contributed by atoms with E-state index in [-0.39, 0.29) is 18.3 Å². The summed E-state index contributed by atoms with van der Waals surface area (Å²) in [6.45, 7) is 0. The number of benzene rings is 1. The lowest BCUT2D eigenvalue weighted by atomic mass is 10.1. The number of hydrogen-bond donors (Lipinski definition) is 2. The highest BCUT2D eigenvalue weighted by Gasteiger charge is 2.46. The lowest BCUT2D eigenvalue weighted by Crippen LogP contribution is -2.37. The maximum absolute atomic E-state index is 11.9. The zero-order chi connectivity index (χ0) is 14.4. The third-order valence-electron chi connectivity index (χ3n) is 4.36. The molecule has 2 aromatic rings. The molecule has 1 saturated carbocycles. The minimum absolute atomic E-state index is 0. The molecule has 116 valence electrons. The van der Waals surface area contributed by atoms with Crippen LogP contribution in [0.1, 0.15) is 30.4 Å². The van der Waals surface area contributed by atoms with Crippen molar-refractivity contribution in [3.63, 3.8) is 0 Å². The predicted molar refractivity (Wildman–Crippen MR) is 91.6 cm³/mol. The Morgan fingerprint density at radius 2 is 2.05 bits per heavy atom. The van der Waals surface area contributed by atoms with Crippen LogP contribution in [-0.4, -0.2) is 16.4 Å². The first-order valence-corrected chi connectivity index (χ1v) is 8.20. The molecule has 0 saturated heterocycles. The number of nitrogens with two attached hydrogens (primary N) is 1. The number of fused-ring (bicyclic) bond motifs is 1. The molecular formula is C16H18ClN3OS. The molecule has 6 heteroatoms. The zero-order valence-corrected chi connectivity index (χ0v) is 13.7. The summed E-state index contributed by atoms with van der Waals surface area (Å²) < 4.78 is 0. The van der Waals surface area contributed by atoms with Crippen LogP contribution >= 0.6 is 23.7 Å². The van der Waals surface area contributed by atoms with Crippen molar-refractivity contribution >= 4 is 34.8 Å². The molecule has 22 heavy (non-hydrogen) atoms. The van der Waals surface area contributed by atoms with Gasteiger partial charge in [0, 0.05) is 10.9 Å². The average Bonchev–Trinajstić information content (AvgIpc) is 2.93. The number of halogens is 1. The van der Waals surface area contributed by atoms with E-state index in [1.807, 2.05) is 5.38 Å². The SMILES string of the molecule is Cl.NC1(C(=O)Nc2nc(-c3ccc4c(c3)CCC4)cs2)CC1. The van der Waals surface area contributed by atoms with Crippen LogP contribution in [0.2, 0.25) is 0 Å². The van der Waals surface area contributed by atoms with E-state index in [1.54, 1.807) is 0 Å². The second kappa shape index (κ2) is 5.65. The fraction of sp³-hybridized carbons (Fsp3) is 0.375. The van der Waals surface area contributed by atoms with Crippen LogP contribution in [0.15, 0.2) is 23.6 Å². The molecule has 1 aromatic carbocycles. The van der Waals surface area contributed by atoms with Crippen LogP contribution in [0, 0.1) is 0 Å². The van der Waals surface area contributed by atoms with E-state index in [9.17, 15) is 4.79 Å². The van der Waals surface area contributed by atoms with E-state index in [0.717, 1.165) is 30.5 Å². The first-order chi connectivity index (χ1) is 10.1. The molecule has 0 aliphatic heterocycles. The first kappa shape index (κ1) is 15.5. The minimum atomic E-state index is -0.653. The molecular weight excluding hydrogens is 318 g/mol. The maximum Gasteiger partial charge on any atom is 0.246 e. The van der Waals surface area contributed by atoms with Crippen molar-refractivity contribution in [2.45, 2.75) is 37.6 Å². The summed E-state index contributed by atoms with van der Waals surface area (Å²) in [5.41, 5.74) is 10.2. The topological polar surface area (TPSA) is 68.0 Å². The number of aryl methyl sites for hydroxylation is 2. The van der Waals surface area contributed by atoms with Gasteiger partial charge in [-0.25, -0.2) is 4.98 Å². The number of amides is 1. The van der Waals surface area contributed by atoms with Crippen LogP contribution in [0.5, 0.6) is 0 Å². The Hall–Kier alpha value is -1.43. The van der Waals surface area contributed by atoms with E-state index in [0.29, 0.717) is 5.13 Å². The Balaban J connectivity index is 0.00000144. The van der Waals surface area contributed by atoms with E-state index in [4.69, 9.17) is 5.73 Å². The second-order valence-electron chi connectivity index (χ2n) is 5.99. The van der Waals surface area contributed by atoms with Gasteiger partial charge in [0.1, 0.15) is 0 Å². The Morgan fingerprint density at radius 1 is 1.27 bits per heavy atom. The van der Waals surface area contributed by atoms with Crippen molar-refractivity contribution < 1.29 is 4.79 Å². The molecule has 1 heterocycles. The number of nitrogens with zero attached hydrogens (tertiary/aromatic N) is 1. The molecule has 4 rings (SSSR count). The van der Waals surface area contributed by atoms with Gasteiger partial charge in [0.25, 0.3) is 0 Å². The van der Waals surface area contributed by atoms with Crippen LogP contribution in [0.25, 0.3) is 11.3 Å². The van der Waals surface area contributed by atoms with Gasteiger partial charge in [-0.3, -0.25) is 4.79 Å². The van der Waals surface area contributed by atoms with E-state index in [2.05, 4.69) is 28.5 Å². The Bertz CT molecular complexity index is 724. The lowest BCUT2D eigenvalue weighted by molar-refractivity contribution is -0.118. The zero-order valence-electron chi connectivity index (χ0n) is 12.1. The fourth-order valence-corrected chi connectivity index (χ4v) is 3.49. The number of rotatable bonds is 3. The summed E-state index contributed by atoms with van der Waals surface area (Å²) in [7, 11) is 0.